The van der Waals surface area contributed by atoms with E-state index in [1.54, 1.807) is 0 Å². The van der Waals surface area contributed by atoms with Gasteiger partial charge in [-0.25, -0.2) is 0 Å². The maximum absolute atomic E-state index is 11.7. The number of benzene rings is 2. The number of carbonyl (C=O) groups is 1. The number of ether oxygens (including phenoxy) is 1. The van der Waals surface area contributed by atoms with Crippen LogP contribution < -0.4 is 5.73 Å². The van der Waals surface area contributed by atoms with Crippen molar-refractivity contribution in [3.63, 3.8) is 0 Å². The van der Waals surface area contributed by atoms with E-state index in [2.05, 4.69) is 12.1 Å². The smallest absolute Gasteiger partial charge is 0.306 e. The van der Waals surface area contributed by atoms with Crippen LogP contribution in [0.1, 0.15) is 24.0 Å². The van der Waals surface area contributed by atoms with Crippen LogP contribution in [-0.4, -0.2) is 12.6 Å². The van der Waals surface area contributed by atoms with Crippen molar-refractivity contribution in [2.75, 3.05) is 12.3 Å². The molecule has 0 saturated carbocycles. The van der Waals surface area contributed by atoms with Crippen LogP contribution in [0.3, 0.4) is 0 Å². The minimum Gasteiger partial charge on any atom is -0.466 e. The Balaban J connectivity index is 1.62. The lowest BCUT2D eigenvalue weighted by Crippen LogP contribution is -2.07. The van der Waals surface area contributed by atoms with Crippen LogP contribution in [0.4, 0.5) is 5.69 Å². The van der Waals surface area contributed by atoms with Crippen molar-refractivity contribution >= 4 is 11.7 Å². The van der Waals surface area contributed by atoms with Gasteiger partial charge in [-0.3, -0.25) is 4.79 Å². The van der Waals surface area contributed by atoms with Gasteiger partial charge in [-0.2, -0.15) is 0 Å². The molecule has 0 aliphatic heterocycles. The van der Waals surface area contributed by atoms with Gasteiger partial charge in [0.25, 0.3) is 0 Å². The monoisotopic (exact) mass is 283 g/mol. The van der Waals surface area contributed by atoms with E-state index in [0.29, 0.717) is 19.4 Å². The van der Waals surface area contributed by atoms with Crippen LogP contribution in [0.15, 0.2) is 54.6 Å². The van der Waals surface area contributed by atoms with E-state index >= 15 is 0 Å². The SMILES string of the molecule is Nc1cccc(CCC(=O)OCCCc2ccccc2)c1. The largest absolute Gasteiger partial charge is 0.466 e. The van der Waals surface area contributed by atoms with E-state index in [-0.39, 0.29) is 5.97 Å². The van der Waals surface area contributed by atoms with E-state index in [4.69, 9.17) is 10.5 Å². The number of esters is 1. The second-order valence-electron chi connectivity index (χ2n) is 5.05. The number of nitrogens with two attached hydrogens (primary N) is 1. The quantitative estimate of drug-likeness (QED) is 0.481. The molecule has 0 bridgehead atoms. The van der Waals surface area contributed by atoms with E-state index in [0.717, 1.165) is 24.1 Å². The van der Waals surface area contributed by atoms with Crippen molar-refractivity contribution in [1.29, 1.82) is 0 Å². The van der Waals surface area contributed by atoms with Crippen molar-refractivity contribution < 1.29 is 9.53 Å². The lowest BCUT2D eigenvalue weighted by molar-refractivity contribution is -0.143. The first-order chi connectivity index (χ1) is 10.2. The van der Waals surface area contributed by atoms with Crippen molar-refractivity contribution in [3.05, 3.63) is 65.7 Å². The Morgan fingerprint density at radius 2 is 1.71 bits per heavy atom. The number of aryl methyl sites for hydroxylation is 2. The fourth-order valence-corrected chi connectivity index (χ4v) is 2.17. The molecule has 0 heterocycles. The van der Waals surface area contributed by atoms with E-state index < -0.39 is 0 Å². The van der Waals surface area contributed by atoms with Crippen molar-refractivity contribution in [2.45, 2.75) is 25.7 Å². The average Bonchev–Trinajstić information content (AvgIpc) is 2.51. The lowest BCUT2D eigenvalue weighted by Gasteiger charge is -2.05. The molecule has 110 valence electrons. The summed E-state index contributed by atoms with van der Waals surface area (Å²) in [6.45, 7) is 0.477. The van der Waals surface area contributed by atoms with Crippen LogP contribution in [-0.2, 0) is 22.4 Å². The Morgan fingerprint density at radius 3 is 2.48 bits per heavy atom. The van der Waals surface area contributed by atoms with E-state index in [1.807, 2.05) is 42.5 Å². The fraction of sp³-hybridized carbons (Fsp3) is 0.278. The topological polar surface area (TPSA) is 52.3 Å². The first-order valence-corrected chi connectivity index (χ1v) is 7.28. The van der Waals surface area contributed by atoms with Gasteiger partial charge in [0, 0.05) is 12.1 Å². The predicted octanol–water partition coefficient (Wildman–Crippen LogP) is 3.38. The Bertz CT molecular complexity index is 566. The van der Waals surface area contributed by atoms with Crippen molar-refractivity contribution in [1.82, 2.24) is 0 Å². The third kappa shape index (κ3) is 5.69. The van der Waals surface area contributed by atoms with Gasteiger partial charge < -0.3 is 10.5 Å². The highest BCUT2D eigenvalue weighted by atomic mass is 16.5. The van der Waals surface area contributed by atoms with Gasteiger partial charge in [0.05, 0.1) is 6.61 Å². The molecule has 2 N–H and O–H groups in total. The summed E-state index contributed by atoms with van der Waals surface area (Å²) in [5.74, 6) is -0.148. The Labute approximate surface area is 125 Å². The molecule has 0 saturated heterocycles. The summed E-state index contributed by atoms with van der Waals surface area (Å²) in [6.07, 6.45) is 2.86. The van der Waals surface area contributed by atoms with Gasteiger partial charge in [-0.05, 0) is 42.5 Å². The standard InChI is InChI=1S/C18H21NO2/c19-17-10-4-8-16(14-17)11-12-18(20)21-13-5-9-15-6-2-1-3-7-15/h1-4,6-8,10,14H,5,9,11-13,19H2. The molecule has 2 aromatic carbocycles. The molecule has 0 spiro atoms. The Hall–Kier alpha value is -2.29. The Morgan fingerprint density at radius 1 is 0.952 bits per heavy atom. The van der Waals surface area contributed by atoms with Gasteiger partial charge in [-0.15, -0.1) is 0 Å². The summed E-state index contributed by atoms with van der Waals surface area (Å²) in [5.41, 5.74) is 8.77. The lowest BCUT2D eigenvalue weighted by atomic mass is 10.1. The molecule has 0 aromatic heterocycles. The molecule has 0 aliphatic carbocycles. The average molecular weight is 283 g/mol. The molecule has 0 atom stereocenters. The van der Waals surface area contributed by atoms with Crippen LogP contribution in [0.2, 0.25) is 0 Å². The Kier molecular flexibility index (Phi) is 5.83. The van der Waals surface area contributed by atoms with Gasteiger partial charge in [0.15, 0.2) is 0 Å². The number of hydrogen-bond acceptors (Lipinski definition) is 3. The second-order valence-corrected chi connectivity index (χ2v) is 5.05. The zero-order valence-corrected chi connectivity index (χ0v) is 12.1. The molecule has 0 amide bonds. The van der Waals surface area contributed by atoms with Crippen LogP contribution >= 0.6 is 0 Å². The second kappa shape index (κ2) is 8.10. The van der Waals surface area contributed by atoms with Crippen molar-refractivity contribution in [2.24, 2.45) is 0 Å². The van der Waals surface area contributed by atoms with Crippen LogP contribution in [0.25, 0.3) is 0 Å². The summed E-state index contributed by atoms with van der Waals surface area (Å²) >= 11 is 0. The van der Waals surface area contributed by atoms with E-state index in [9.17, 15) is 4.79 Å². The highest BCUT2D eigenvalue weighted by Crippen LogP contribution is 2.09. The fourth-order valence-electron chi connectivity index (χ4n) is 2.17. The molecule has 3 heteroatoms. The molecule has 0 radical (unpaired) electrons. The zero-order chi connectivity index (χ0) is 14.9. The first kappa shape index (κ1) is 15.1. The number of nitrogen functional groups attached to an aromatic ring is 1. The van der Waals surface area contributed by atoms with E-state index in [1.165, 1.54) is 5.56 Å². The maximum atomic E-state index is 11.7. The molecule has 0 fully saturated rings. The van der Waals surface area contributed by atoms with Crippen molar-refractivity contribution in [3.8, 4) is 0 Å². The molecule has 3 nitrogen and oxygen atoms in total. The molecule has 2 rings (SSSR count). The van der Waals surface area contributed by atoms with Gasteiger partial charge in [-0.1, -0.05) is 42.5 Å². The van der Waals surface area contributed by atoms with Gasteiger partial charge in [0.2, 0.25) is 0 Å². The summed E-state index contributed by atoms with van der Waals surface area (Å²) < 4.78 is 5.25. The van der Waals surface area contributed by atoms with Gasteiger partial charge >= 0.3 is 5.97 Å². The highest BCUT2D eigenvalue weighted by Gasteiger charge is 2.04. The number of hydrogen-bond donors (Lipinski definition) is 1. The third-order valence-electron chi connectivity index (χ3n) is 3.28. The van der Waals surface area contributed by atoms with Crippen LogP contribution in [0, 0.1) is 0 Å². The molecule has 0 unspecified atom stereocenters. The summed E-state index contributed by atoms with van der Waals surface area (Å²) in [7, 11) is 0. The predicted molar refractivity (Wildman–Crippen MR) is 84.9 cm³/mol. The minimum atomic E-state index is -0.148. The summed E-state index contributed by atoms with van der Waals surface area (Å²) in [5, 5.41) is 0. The molecule has 2 aromatic rings. The third-order valence-corrected chi connectivity index (χ3v) is 3.28. The normalized spacial score (nSPS) is 10.3. The molecule has 0 aliphatic rings. The highest BCUT2D eigenvalue weighted by molar-refractivity contribution is 5.69. The first-order valence-electron chi connectivity index (χ1n) is 7.28. The molecule has 21 heavy (non-hydrogen) atoms. The molecular weight excluding hydrogens is 262 g/mol. The molecular formula is C18H21NO2. The minimum absolute atomic E-state index is 0.148. The van der Waals surface area contributed by atoms with Gasteiger partial charge in [0.1, 0.15) is 0 Å². The maximum Gasteiger partial charge on any atom is 0.306 e. The zero-order valence-electron chi connectivity index (χ0n) is 12.1. The number of anilines is 1. The summed E-state index contributed by atoms with van der Waals surface area (Å²) in [6, 6.07) is 17.8. The van der Waals surface area contributed by atoms with Crippen LogP contribution in [0.5, 0.6) is 0 Å². The summed E-state index contributed by atoms with van der Waals surface area (Å²) in [4.78, 5) is 11.7. The number of rotatable bonds is 7. The number of carbonyl (C=O) groups excluding carboxylic acids is 1.